The number of halogens is 1. The van der Waals surface area contributed by atoms with Crippen molar-refractivity contribution in [1.82, 2.24) is 0 Å². The van der Waals surface area contributed by atoms with E-state index in [-0.39, 0.29) is 5.82 Å². The summed E-state index contributed by atoms with van der Waals surface area (Å²) in [5.41, 5.74) is 1.51. The fourth-order valence-electron chi connectivity index (χ4n) is 1.45. The van der Waals surface area contributed by atoms with Crippen LogP contribution in [-0.4, -0.2) is 5.11 Å². The van der Waals surface area contributed by atoms with Gasteiger partial charge in [-0.3, -0.25) is 0 Å². The number of hydrogen-bond acceptors (Lipinski definition) is 1. The number of rotatable bonds is 1. The van der Waals surface area contributed by atoms with E-state index in [1.807, 2.05) is 27.7 Å². The lowest BCUT2D eigenvalue weighted by Gasteiger charge is -2.21. The van der Waals surface area contributed by atoms with Crippen LogP contribution in [0.2, 0.25) is 0 Å². The van der Waals surface area contributed by atoms with Crippen molar-refractivity contribution in [2.75, 3.05) is 0 Å². The van der Waals surface area contributed by atoms with Gasteiger partial charge in [-0.05, 0) is 56.5 Å². The zero-order chi connectivity index (χ0) is 12.2. The second-order valence-electron chi connectivity index (χ2n) is 3.95. The van der Waals surface area contributed by atoms with Crippen LogP contribution in [0.3, 0.4) is 0 Å². The first-order valence-electron chi connectivity index (χ1n) is 5.32. The van der Waals surface area contributed by atoms with Gasteiger partial charge in [0.25, 0.3) is 0 Å². The van der Waals surface area contributed by atoms with Crippen LogP contribution in [0.15, 0.2) is 12.1 Å². The number of aliphatic hydroxyl groups is 1. The molecule has 1 aromatic rings. The molecule has 0 aliphatic heterocycles. The van der Waals surface area contributed by atoms with Gasteiger partial charge in [0.1, 0.15) is 5.82 Å². The van der Waals surface area contributed by atoms with E-state index < -0.39 is 5.60 Å². The maximum absolute atomic E-state index is 13.0. The molecule has 86 valence electrons. The second kappa shape index (κ2) is 5.26. The van der Waals surface area contributed by atoms with Gasteiger partial charge in [-0.15, -0.1) is 0 Å². The van der Waals surface area contributed by atoms with Gasteiger partial charge in [0.15, 0.2) is 0 Å². The van der Waals surface area contributed by atoms with Crippen LogP contribution in [0.4, 0.5) is 4.39 Å². The molecule has 1 aromatic carbocycles. The Hall–Kier alpha value is -0.890. The largest absolute Gasteiger partial charge is 0.386 e. The molecule has 1 rings (SSSR count). The molecule has 0 saturated carbocycles. The molecule has 2 heteroatoms. The van der Waals surface area contributed by atoms with E-state index in [1.54, 1.807) is 13.8 Å². The Bertz CT molecular complexity index is 324. The van der Waals surface area contributed by atoms with E-state index in [0.29, 0.717) is 5.56 Å². The van der Waals surface area contributed by atoms with E-state index in [2.05, 4.69) is 0 Å². The second-order valence-corrected chi connectivity index (χ2v) is 3.95. The highest BCUT2D eigenvalue weighted by Gasteiger charge is 2.20. The van der Waals surface area contributed by atoms with Gasteiger partial charge < -0.3 is 5.11 Å². The Labute approximate surface area is 92.0 Å². The molecule has 0 saturated heterocycles. The summed E-state index contributed by atoms with van der Waals surface area (Å²) in [4.78, 5) is 0. The standard InChI is InChI=1S/C11H15FO.C2H6/c1-7-5-9(12)6-10(8(7)2)11(3,4)13;1-2/h5-6,13H,1-4H3;1-2H3. The third kappa shape index (κ3) is 3.63. The van der Waals surface area contributed by atoms with Crippen molar-refractivity contribution in [3.05, 3.63) is 34.6 Å². The molecule has 0 unspecified atom stereocenters. The van der Waals surface area contributed by atoms with Crippen LogP contribution < -0.4 is 0 Å². The van der Waals surface area contributed by atoms with Crippen molar-refractivity contribution in [3.8, 4) is 0 Å². The monoisotopic (exact) mass is 212 g/mol. The van der Waals surface area contributed by atoms with Gasteiger partial charge in [-0.2, -0.15) is 0 Å². The molecule has 0 bridgehead atoms. The first-order valence-corrected chi connectivity index (χ1v) is 5.32. The van der Waals surface area contributed by atoms with Gasteiger partial charge in [0.2, 0.25) is 0 Å². The van der Waals surface area contributed by atoms with Gasteiger partial charge in [0, 0.05) is 0 Å². The Balaban J connectivity index is 0.000000921. The summed E-state index contributed by atoms with van der Waals surface area (Å²) in [6.07, 6.45) is 0. The summed E-state index contributed by atoms with van der Waals surface area (Å²) in [6.45, 7) is 11.1. The van der Waals surface area contributed by atoms with Crippen molar-refractivity contribution in [2.24, 2.45) is 0 Å². The summed E-state index contributed by atoms with van der Waals surface area (Å²) in [5.74, 6) is -0.291. The molecule has 15 heavy (non-hydrogen) atoms. The molecule has 0 amide bonds. The number of aryl methyl sites for hydroxylation is 1. The van der Waals surface area contributed by atoms with Gasteiger partial charge in [-0.25, -0.2) is 4.39 Å². The molecule has 1 N–H and O–H groups in total. The van der Waals surface area contributed by atoms with Gasteiger partial charge >= 0.3 is 0 Å². The van der Waals surface area contributed by atoms with Crippen LogP contribution >= 0.6 is 0 Å². The highest BCUT2D eigenvalue weighted by Crippen LogP contribution is 2.26. The van der Waals surface area contributed by atoms with Crippen molar-refractivity contribution >= 4 is 0 Å². The minimum atomic E-state index is -0.975. The van der Waals surface area contributed by atoms with Crippen molar-refractivity contribution in [3.63, 3.8) is 0 Å². The minimum absolute atomic E-state index is 0.291. The lowest BCUT2D eigenvalue weighted by Crippen LogP contribution is -2.18. The Morgan fingerprint density at radius 3 is 2.00 bits per heavy atom. The van der Waals surface area contributed by atoms with Crippen LogP contribution in [0.1, 0.15) is 44.4 Å². The smallest absolute Gasteiger partial charge is 0.123 e. The predicted octanol–water partition coefficient (Wildman–Crippen LogP) is 3.70. The first-order chi connectivity index (χ1) is 6.82. The normalized spacial score (nSPS) is 10.7. The third-order valence-electron chi connectivity index (χ3n) is 2.29. The summed E-state index contributed by atoms with van der Waals surface area (Å²) >= 11 is 0. The fraction of sp³-hybridized carbons (Fsp3) is 0.538. The molecule has 1 nitrogen and oxygen atoms in total. The molecule has 0 fully saturated rings. The highest BCUT2D eigenvalue weighted by molar-refractivity contribution is 5.37. The zero-order valence-corrected chi connectivity index (χ0v) is 10.5. The zero-order valence-electron chi connectivity index (χ0n) is 10.5. The molecule has 0 spiro atoms. The topological polar surface area (TPSA) is 20.2 Å². The summed E-state index contributed by atoms with van der Waals surface area (Å²) in [7, 11) is 0. The molecule has 0 aliphatic rings. The van der Waals surface area contributed by atoms with Crippen molar-refractivity contribution in [2.45, 2.75) is 47.1 Å². The minimum Gasteiger partial charge on any atom is -0.386 e. The average Bonchev–Trinajstić information content (AvgIpc) is 2.13. The first kappa shape index (κ1) is 14.1. The van der Waals surface area contributed by atoms with Crippen molar-refractivity contribution in [1.29, 1.82) is 0 Å². The molecule has 0 heterocycles. The maximum Gasteiger partial charge on any atom is 0.123 e. The van der Waals surface area contributed by atoms with Crippen LogP contribution in [0.5, 0.6) is 0 Å². The Morgan fingerprint density at radius 2 is 1.60 bits per heavy atom. The maximum atomic E-state index is 13.0. The van der Waals surface area contributed by atoms with Gasteiger partial charge in [0.05, 0.1) is 5.60 Å². The van der Waals surface area contributed by atoms with E-state index in [1.165, 1.54) is 12.1 Å². The molecule has 0 atom stereocenters. The summed E-state index contributed by atoms with van der Waals surface area (Å²) in [6, 6.07) is 2.87. The number of benzene rings is 1. The predicted molar refractivity (Wildman–Crippen MR) is 62.5 cm³/mol. The Morgan fingerprint density at radius 1 is 1.13 bits per heavy atom. The third-order valence-corrected chi connectivity index (χ3v) is 2.29. The lowest BCUT2D eigenvalue weighted by molar-refractivity contribution is 0.0775. The lowest BCUT2D eigenvalue weighted by atomic mass is 9.91. The van der Waals surface area contributed by atoms with Crippen LogP contribution in [-0.2, 0) is 5.60 Å². The highest BCUT2D eigenvalue weighted by atomic mass is 19.1. The molecule has 0 aromatic heterocycles. The molecule has 0 radical (unpaired) electrons. The Kier molecular flexibility index (Phi) is 4.95. The fourth-order valence-corrected chi connectivity index (χ4v) is 1.45. The van der Waals surface area contributed by atoms with E-state index in [9.17, 15) is 9.50 Å². The van der Waals surface area contributed by atoms with Crippen LogP contribution in [0, 0.1) is 19.7 Å². The van der Waals surface area contributed by atoms with E-state index in [0.717, 1.165) is 11.1 Å². The number of hydrogen-bond donors (Lipinski definition) is 1. The van der Waals surface area contributed by atoms with Crippen molar-refractivity contribution < 1.29 is 9.50 Å². The van der Waals surface area contributed by atoms with E-state index in [4.69, 9.17) is 0 Å². The van der Waals surface area contributed by atoms with E-state index >= 15 is 0 Å². The van der Waals surface area contributed by atoms with Crippen LogP contribution in [0.25, 0.3) is 0 Å². The molecular formula is C13H21FO. The SMILES string of the molecule is CC.Cc1cc(F)cc(C(C)(C)O)c1C. The molecular weight excluding hydrogens is 191 g/mol. The summed E-state index contributed by atoms with van der Waals surface area (Å²) < 4.78 is 13.0. The van der Waals surface area contributed by atoms with Gasteiger partial charge in [-0.1, -0.05) is 13.8 Å². The average molecular weight is 212 g/mol. The summed E-state index contributed by atoms with van der Waals surface area (Å²) in [5, 5.41) is 9.75. The quantitative estimate of drug-likeness (QED) is 0.752. The molecule has 0 aliphatic carbocycles.